The van der Waals surface area contributed by atoms with Crippen LogP contribution < -0.4 is 5.32 Å². The lowest BCUT2D eigenvalue weighted by molar-refractivity contribution is 0.0936. The molecule has 0 spiro atoms. The van der Waals surface area contributed by atoms with Crippen molar-refractivity contribution in [2.24, 2.45) is 0 Å². The lowest BCUT2D eigenvalue weighted by Gasteiger charge is -2.09. The van der Waals surface area contributed by atoms with Crippen molar-refractivity contribution in [3.05, 3.63) is 29.6 Å². The van der Waals surface area contributed by atoms with Gasteiger partial charge in [-0.05, 0) is 26.0 Å². The first-order valence-corrected chi connectivity index (χ1v) is 4.30. The SMILES string of the molecule is CC(C)NC(=O)c1c(O)cccc1F. The summed E-state index contributed by atoms with van der Waals surface area (Å²) in [7, 11) is 0. The summed E-state index contributed by atoms with van der Waals surface area (Å²) < 4.78 is 13.1. The molecule has 0 bridgehead atoms. The van der Waals surface area contributed by atoms with Crippen molar-refractivity contribution in [3.63, 3.8) is 0 Å². The normalized spacial score (nSPS) is 10.3. The Bertz CT molecular complexity index is 330. The summed E-state index contributed by atoms with van der Waals surface area (Å²) in [5.74, 6) is -1.66. The molecule has 0 aromatic heterocycles. The monoisotopic (exact) mass is 197 g/mol. The summed E-state index contributed by atoms with van der Waals surface area (Å²) in [5.41, 5.74) is -0.304. The van der Waals surface area contributed by atoms with E-state index >= 15 is 0 Å². The number of nitrogens with one attached hydrogen (secondary N) is 1. The van der Waals surface area contributed by atoms with Crippen LogP contribution in [0.3, 0.4) is 0 Å². The third-order valence-electron chi connectivity index (χ3n) is 1.64. The summed E-state index contributed by atoms with van der Waals surface area (Å²) >= 11 is 0. The Morgan fingerprint density at radius 1 is 1.50 bits per heavy atom. The minimum atomic E-state index is -0.719. The van der Waals surface area contributed by atoms with E-state index in [4.69, 9.17) is 0 Å². The predicted molar refractivity (Wildman–Crippen MR) is 50.7 cm³/mol. The fraction of sp³-hybridized carbons (Fsp3) is 0.300. The van der Waals surface area contributed by atoms with E-state index < -0.39 is 11.7 Å². The zero-order chi connectivity index (χ0) is 10.7. The first-order valence-electron chi connectivity index (χ1n) is 4.30. The van der Waals surface area contributed by atoms with Crippen LogP contribution in [0.5, 0.6) is 5.75 Å². The van der Waals surface area contributed by atoms with Crippen molar-refractivity contribution >= 4 is 5.91 Å². The van der Waals surface area contributed by atoms with Crippen molar-refractivity contribution < 1.29 is 14.3 Å². The van der Waals surface area contributed by atoms with Crippen molar-refractivity contribution in [3.8, 4) is 5.75 Å². The van der Waals surface area contributed by atoms with Crippen LogP contribution in [0.4, 0.5) is 4.39 Å². The number of halogens is 1. The van der Waals surface area contributed by atoms with Crippen LogP contribution in [0, 0.1) is 5.82 Å². The van der Waals surface area contributed by atoms with Crippen molar-refractivity contribution in [1.29, 1.82) is 0 Å². The molecule has 14 heavy (non-hydrogen) atoms. The molecule has 3 nitrogen and oxygen atoms in total. The molecule has 2 N–H and O–H groups in total. The number of benzene rings is 1. The summed E-state index contributed by atoms with van der Waals surface area (Å²) in [6.07, 6.45) is 0. The van der Waals surface area contributed by atoms with Gasteiger partial charge in [-0.3, -0.25) is 4.79 Å². The maximum atomic E-state index is 13.1. The second-order valence-corrected chi connectivity index (χ2v) is 3.26. The highest BCUT2D eigenvalue weighted by Crippen LogP contribution is 2.19. The summed E-state index contributed by atoms with van der Waals surface area (Å²) in [4.78, 5) is 11.4. The zero-order valence-corrected chi connectivity index (χ0v) is 8.04. The average molecular weight is 197 g/mol. The van der Waals surface area contributed by atoms with Gasteiger partial charge in [0.15, 0.2) is 0 Å². The van der Waals surface area contributed by atoms with Crippen LogP contribution in [0.1, 0.15) is 24.2 Å². The Labute approximate surface area is 81.6 Å². The maximum absolute atomic E-state index is 13.1. The van der Waals surface area contributed by atoms with Gasteiger partial charge in [0, 0.05) is 6.04 Å². The van der Waals surface area contributed by atoms with Crippen molar-refractivity contribution in [2.75, 3.05) is 0 Å². The number of amides is 1. The molecule has 1 aromatic carbocycles. The van der Waals surface area contributed by atoms with E-state index in [9.17, 15) is 14.3 Å². The smallest absolute Gasteiger partial charge is 0.258 e. The second kappa shape index (κ2) is 4.09. The lowest BCUT2D eigenvalue weighted by atomic mass is 10.1. The molecular formula is C10H12FNO2. The summed E-state index contributed by atoms with van der Waals surface area (Å²) in [6, 6.07) is 3.66. The molecular weight excluding hydrogens is 185 g/mol. The minimum absolute atomic E-state index is 0.0958. The van der Waals surface area contributed by atoms with Crippen LogP contribution >= 0.6 is 0 Å². The average Bonchev–Trinajstić information content (AvgIpc) is 2.01. The number of rotatable bonds is 2. The Morgan fingerprint density at radius 3 is 2.64 bits per heavy atom. The van der Waals surface area contributed by atoms with Gasteiger partial charge in [-0.2, -0.15) is 0 Å². The van der Waals surface area contributed by atoms with Crippen molar-refractivity contribution in [1.82, 2.24) is 5.32 Å². The van der Waals surface area contributed by atoms with Gasteiger partial charge in [-0.15, -0.1) is 0 Å². The number of phenols is 1. The maximum Gasteiger partial charge on any atom is 0.258 e. The van der Waals surface area contributed by atoms with E-state index in [1.54, 1.807) is 13.8 Å². The van der Waals surface area contributed by atoms with E-state index in [2.05, 4.69) is 5.32 Å². The van der Waals surface area contributed by atoms with Gasteiger partial charge < -0.3 is 10.4 Å². The van der Waals surface area contributed by atoms with Gasteiger partial charge >= 0.3 is 0 Å². The molecule has 1 rings (SSSR count). The molecule has 0 radical (unpaired) electrons. The molecule has 0 saturated heterocycles. The number of carbonyl (C=O) groups is 1. The van der Waals surface area contributed by atoms with Crippen LogP contribution in [-0.2, 0) is 0 Å². The first kappa shape index (κ1) is 10.5. The largest absolute Gasteiger partial charge is 0.507 e. The third-order valence-corrected chi connectivity index (χ3v) is 1.64. The molecule has 1 aromatic rings. The lowest BCUT2D eigenvalue weighted by Crippen LogP contribution is -2.30. The fourth-order valence-corrected chi connectivity index (χ4v) is 1.07. The molecule has 0 fully saturated rings. The number of phenolic OH excluding ortho intramolecular Hbond substituents is 1. The molecule has 76 valence electrons. The van der Waals surface area contributed by atoms with Crippen LogP contribution in [-0.4, -0.2) is 17.1 Å². The van der Waals surface area contributed by atoms with Gasteiger partial charge in [0.05, 0.1) is 0 Å². The third kappa shape index (κ3) is 2.22. The van der Waals surface area contributed by atoms with Crippen LogP contribution in [0.2, 0.25) is 0 Å². The van der Waals surface area contributed by atoms with Gasteiger partial charge in [0.25, 0.3) is 5.91 Å². The number of hydrogen-bond donors (Lipinski definition) is 2. The molecule has 0 heterocycles. The highest BCUT2D eigenvalue weighted by atomic mass is 19.1. The Balaban J connectivity index is 3.00. The molecule has 0 atom stereocenters. The highest BCUT2D eigenvalue weighted by molar-refractivity contribution is 5.97. The first-order chi connectivity index (χ1) is 6.52. The molecule has 0 aliphatic rings. The van der Waals surface area contributed by atoms with E-state index in [1.165, 1.54) is 12.1 Å². The molecule has 0 aliphatic carbocycles. The van der Waals surface area contributed by atoms with Gasteiger partial charge in [0.2, 0.25) is 0 Å². The topological polar surface area (TPSA) is 49.3 Å². The zero-order valence-electron chi connectivity index (χ0n) is 8.04. The molecule has 0 aliphatic heterocycles. The molecule has 1 amide bonds. The summed E-state index contributed by atoms with van der Waals surface area (Å²) in [5, 5.41) is 11.8. The number of carbonyl (C=O) groups excluding carboxylic acids is 1. The number of aromatic hydroxyl groups is 1. The minimum Gasteiger partial charge on any atom is -0.507 e. The molecule has 4 heteroatoms. The van der Waals surface area contributed by atoms with E-state index in [0.717, 1.165) is 6.07 Å². The van der Waals surface area contributed by atoms with Gasteiger partial charge in [0.1, 0.15) is 17.1 Å². The highest BCUT2D eigenvalue weighted by Gasteiger charge is 2.16. The predicted octanol–water partition coefficient (Wildman–Crippen LogP) is 1.67. The van der Waals surface area contributed by atoms with E-state index in [1.807, 2.05) is 0 Å². The fourth-order valence-electron chi connectivity index (χ4n) is 1.07. The molecule has 0 saturated carbocycles. The van der Waals surface area contributed by atoms with E-state index in [0.29, 0.717) is 0 Å². The van der Waals surface area contributed by atoms with Gasteiger partial charge in [-0.25, -0.2) is 4.39 Å². The summed E-state index contributed by atoms with van der Waals surface area (Å²) in [6.45, 7) is 3.52. The van der Waals surface area contributed by atoms with Gasteiger partial charge in [-0.1, -0.05) is 6.07 Å². The standard InChI is InChI=1S/C10H12FNO2/c1-6(2)12-10(14)9-7(11)4-3-5-8(9)13/h3-6,13H,1-2H3,(H,12,14). The molecule has 0 unspecified atom stereocenters. The Morgan fingerprint density at radius 2 is 2.14 bits per heavy atom. The second-order valence-electron chi connectivity index (χ2n) is 3.26. The van der Waals surface area contributed by atoms with E-state index in [-0.39, 0.29) is 17.4 Å². The van der Waals surface area contributed by atoms with Crippen LogP contribution in [0.15, 0.2) is 18.2 Å². The Hall–Kier alpha value is -1.58. The van der Waals surface area contributed by atoms with Crippen LogP contribution in [0.25, 0.3) is 0 Å². The number of hydrogen-bond acceptors (Lipinski definition) is 2. The quantitative estimate of drug-likeness (QED) is 0.757. The van der Waals surface area contributed by atoms with Crippen molar-refractivity contribution in [2.45, 2.75) is 19.9 Å². The Kier molecular flexibility index (Phi) is 3.06.